The van der Waals surface area contributed by atoms with Crippen molar-refractivity contribution in [2.24, 2.45) is 0 Å². The van der Waals surface area contributed by atoms with Crippen molar-refractivity contribution in [2.45, 2.75) is 38.4 Å². The first kappa shape index (κ1) is 16.0. The molecule has 0 radical (unpaired) electrons. The molecule has 0 bridgehead atoms. The number of rotatable bonds is 6. The summed E-state index contributed by atoms with van der Waals surface area (Å²) in [5.74, 6) is -0.380. The predicted molar refractivity (Wildman–Crippen MR) is 78.1 cm³/mol. The summed E-state index contributed by atoms with van der Waals surface area (Å²) in [5.41, 5.74) is 0. The van der Waals surface area contributed by atoms with Gasteiger partial charge in [0, 0.05) is 13.2 Å². The normalized spacial score (nSPS) is 19.3. The third-order valence-corrected chi connectivity index (χ3v) is 3.65. The Balaban J connectivity index is 1.76. The van der Waals surface area contributed by atoms with Crippen molar-refractivity contribution < 1.29 is 18.7 Å². The fraction of sp³-hybridized carbons (Fsp3) is 0.533. The molecule has 0 unspecified atom stereocenters. The highest BCUT2D eigenvalue weighted by Gasteiger charge is 2.18. The van der Waals surface area contributed by atoms with Crippen LogP contribution in [0, 0.1) is 5.82 Å². The summed E-state index contributed by atoms with van der Waals surface area (Å²) in [6.45, 7) is 2.98. The second-order valence-corrected chi connectivity index (χ2v) is 5.46. The van der Waals surface area contributed by atoms with Crippen LogP contribution in [-0.4, -0.2) is 31.3 Å². The largest absolute Gasteiger partial charge is 0.479 e. The zero-order valence-electron chi connectivity index (χ0n) is 11.9. The molecule has 1 aliphatic heterocycles. The molecule has 0 spiro atoms. The van der Waals surface area contributed by atoms with E-state index in [4.69, 9.17) is 21.1 Å². The first-order valence-electron chi connectivity index (χ1n) is 7.07. The zero-order valence-corrected chi connectivity index (χ0v) is 12.7. The van der Waals surface area contributed by atoms with Gasteiger partial charge in [-0.3, -0.25) is 4.79 Å². The lowest BCUT2D eigenvalue weighted by Crippen LogP contribution is -2.37. The van der Waals surface area contributed by atoms with Crippen LogP contribution in [0.4, 0.5) is 4.39 Å². The van der Waals surface area contributed by atoms with E-state index in [2.05, 4.69) is 5.32 Å². The minimum absolute atomic E-state index is 0.147. The quantitative estimate of drug-likeness (QED) is 0.878. The summed E-state index contributed by atoms with van der Waals surface area (Å²) in [7, 11) is 0. The molecule has 1 N–H and O–H groups in total. The Morgan fingerprint density at radius 3 is 3.10 bits per heavy atom. The Morgan fingerprint density at radius 1 is 1.62 bits per heavy atom. The standard InChI is InChI=1S/C15H19ClFNO3/c1-10(21-14-5-4-11(17)9-13(14)16)15(19)18-7-6-12-3-2-8-20-12/h4-5,9-10,12H,2-3,6-8H2,1H3,(H,18,19)/t10-,12+/m1/s1. The number of nitrogens with one attached hydrogen (secondary N) is 1. The SMILES string of the molecule is C[C@@H](Oc1ccc(F)cc1Cl)C(=O)NCC[C@@H]1CCCO1. The van der Waals surface area contributed by atoms with E-state index in [1.165, 1.54) is 12.1 Å². The Labute approximate surface area is 128 Å². The average molecular weight is 316 g/mol. The maximum atomic E-state index is 12.9. The van der Waals surface area contributed by atoms with Crippen molar-refractivity contribution in [3.05, 3.63) is 29.0 Å². The third kappa shape index (κ3) is 4.86. The highest BCUT2D eigenvalue weighted by atomic mass is 35.5. The second-order valence-electron chi connectivity index (χ2n) is 5.05. The minimum atomic E-state index is -0.697. The molecule has 4 nitrogen and oxygen atoms in total. The summed E-state index contributed by atoms with van der Waals surface area (Å²) < 4.78 is 23.9. The van der Waals surface area contributed by atoms with Gasteiger partial charge in [0.1, 0.15) is 11.6 Å². The molecule has 0 aromatic heterocycles. The maximum absolute atomic E-state index is 12.9. The van der Waals surface area contributed by atoms with Crippen molar-refractivity contribution in [3.63, 3.8) is 0 Å². The van der Waals surface area contributed by atoms with Crippen molar-refractivity contribution in [2.75, 3.05) is 13.2 Å². The van der Waals surface area contributed by atoms with Crippen LogP contribution < -0.4 is 10.1 Å². The number of benzene rings is 1. The molecule has 1 fully saturated rings. The van der Waals surface area contributed by atoms with Crippen LogP contribution >= 0.6 is 11.6 Å². The minimum Gasteiger partial charge on any atom is -0.479 e. The van der Waals surface area contributed by atoms with Gasteiger partial charge in [-0.1, -0.05) is 11.6 Å². The number of amides is 1. The number of ether oxygens (including phenoxy) is 2. The molecule has 21 heavy (non-hydrogen) atoms. The number of carbonyl (C=O) groups excluding carboxylic acids is 1. The van der Waals surface area contributed by atoms with Gasteiger partial charge in [-0.05, 0) is 44.4 Å². The van der Waals surface area contributed by atoms with E-state index in [9.17, 15) is 9.18 Å². The van der Waals surface area contributed by atoms with Crippen molar-refractivity contribution >= 4 is 17.5 Å². The molecule has 6 heteroatoms. The van der Waals surface area contributed by atoms with Gasteiger partial charge in [0.2, 0.25) is 0 Å². The van der Waals surface area contributed by atoms with Crippen LogP contribution in [0.3, 0.4) is 0 Å². The van der Waals surface area contributed by atoms with Crippen LogP contribution in [0.2, 0.25) is 5.02 Å². The van der Waals surface area contributed by atoms with Crippen LogP contribution in [0.1, 0.15) is 26.2 Å². The van der Waals surface area contributed by atoms with Gasteiger partial charge in [-0.15, -0.1) is 0 Å². The van der Waals surface area contributed by atoms with E-state index in [-0.39, 0.29) is 17.0 Å². The lowest BCUT2D eigenvalue weighted by Gasteiger charge is -2.16. The molecule has 1 aliphatic rings. The fourth-order valence-corrected chi connectivity index (χ4v) is 2.40. The molecule has 0 saturated carbocycles. The topological polar surface area (TPSA) is 47.6 Å². The van der Waals surface area contributed by atoms with Crippen LogP contribution in [-0.2, 0) is 9.53 Å². The van der Waals surface area contributed by atoms with E-state index >= 15 is 0 Å². The van der Waals surface area contributed by atoms with E-state index in [1.807, 2.05) is 0 Å². The van der Waals surface area contributed by atoms with E-state index in [1.54, 1.807) is 6.92 Å². The molecule has 116 valence electrons. The van der Waals surface area contributed by atoms with E-state index in [0.717, 1.165) is 31.9 Å². The van der Waals surface area contributed by atoms with Crippen LogP contribution in [0.15, 0.2) is 18.2 Å². The molecule has 1 heterocycles. The van der Waals surface area contributed by atoms with Gasteiger partial charge >= 0.3 is 0 Å². The second kappa shape index (κ2) is 7.61. The Hall–Kier alpha value is -1.33. The monoisotopic (exact) mass is 315 g/mol. The van der Waals surface area contributed by atoms with Gasteiger partial charge < -0.3 is 14.8 Å². The molecule has 1 aromatic rings. The van der Waals surface area contributed by atoms with Crippen molar-refractivity contribution in [1.29, 1.82) is 0 Å². The predicted octanol–water partition coefficient (Wildman–Crippen LogP) is 2.93. The van der Waals surface area contributed by atoms with Crippen molar-refractivity contribution in [1.82, 2.24) is 5.32 Å². The lowest BCUT2D eigenvalue weighted by atomic mass is 10.2. The Kier molecular flexibility index (Phi) is 5.82. The lowest BCUT2D eigenvalue weighted by molar-refractivity contribution is -0.127. The molecule has 1 saturated heterocycles. The van der Waals surface area contributed by atoms with Crippen molar-refractivity contribution in [3.8, 4) is 5.75 Å². The smallest absolute Gasteiger partial charge is 0.260 e. The zero-order chi connectivity index (χ0) is 15.2. The molecular formula is C15H19ClFNO3. The molecule has 1 amide bonds. The number of halogens is 2. The van der Waals surface area contributed by atoms with Gasteiger partial charge in [0.05, 0.1) is 11.1 Å². The number of hydrogen-bond acceptors (Lipinski definition) is 3. The molecule has 2 atom stereocenters. The first-order valence-corrected chi connectivity index (χ1v) is 7.45. The summed E-state index contributed by atoms with van der Waals surface area (Å²) in [6, 6.07) is 3.80. The Morgan fingerprint density at radius 2 is 2.43 bits per heavy atom. The van der Waals surface area contributed by atoms with E-state index < -0.39 is 11.9 Å². The fourth-order valence-electron chi connectivity index (χ4n) is 2.19. The van der Waals surface area contributed by atoms with Gasteiger partial charge in [-0.25, -0.2) is 4.39 Å². The van der Waals surface area contributed by atoms with Crippen LogP contribution in [0.25, 0.3) is 0 Å². The molecule has 0 aliphatic carbocycles. The summed E-state index contributed by atoms with van der Waals surface area (Å²) in [6.07, 6.45) is 2.48. The molecular weight excluding hydrogens is 297 g/mol. The summed E-state index contributed by atoms with van der Waals surface area (Å²) >= 11 is 5.86. The summed E-state index contributed by atoms with van der Waals surface area (Å²) in [5, 5.41) is 2.95. The highest BCUT2D eigenvalue weighted by Crippen LogP contribution is 2.25. The maximum Gasteiger partial charge on any atom is 0.260 e. The summed E-state index contributed by atoms with van der Waals surface area (Å²) in [4.78, 5) is 11.9. The third-order valence-electron chi connectivity index (χ3n) is 3.36. The van der Waals surface area contributed by atoms with Gasteiger partial charge in [0.25, 0.3) is 5.91 Å². The molecule has 1 aromatic carbocycles. The van der Waals surface area contributed by atoms with E-state index in [0.29, 0.717) is 12.3 Å². The highest BCUT2D eigenvalue weighted by molar-refractivity contribution is 6.32. The first-order chi connectivity index (χ1) is 10.1. The number of hydrogen-bond donors (Lipinski definition) is 1. The van der Waals surface area contributed by atoms with Gasteiger partial charge in [-0.2, -0.15) is 0 Å². The van der Waals surface area contributed by atoms with Gasteiger partial charge in [0.15, 0.2) is 6.10 Å². The van der Waals surface area contributed by atoms with Crippen LogP contribution in [0.5, 0.6) is 5.75 Å². The Bertz CT molecular complexity index is 492. The number of carbonyl (C=O) groups is 1. The molecule has 2 rings (SSSR count). The average Bonchev–Trinajstić information content (AvgIpc) is 2.95.